The molecule has 0 aliphatic carbocycles. The third-order valence-corrected chi connectivity index (χ3v) is 6.31. The van der Waals surface area contributed by atoms with Crippen LogP contribution >= 0.6 is 0 Å². The van der Waals surface area contributed by atoms with Crippen molar-refractivity contribution in [1.29, 1.82) is 0 Å². The zero-order valence-electron chi connectivity index (χ0n) is 21.3. The van der Waals surface area contributed by atoms with E-state index in [-0.39, 0.29) is 6.61 Å². The fourth-order valence-electron chi connectivity index (χ4n) is 4.01. The minimum atomic E-state index is -0.634. The van der Waals surface area contributed by atoms with Crippen molar-refractivity contribution in [2.45, 2.75) is 129 Å². The van der Waals surface area contributed by atoms with E-state index in [0.717, 1.165) is 18.6 Å². The number of hydrogen-bond acceptors (Lipinski definition) is 3. The Kier molecular flexibility index (Phi) is 18.8. The minimum Gasteiger partial charge on any atom is -0.393 e. The van der Waals surface area contributed by atoms with Crippen LogP contribution in [-0.4, -0.2) is 30.5 Å². The van der Waals surface area contributed by atoms with E-state index in [4.69, 9.17) is 9.47 Å². The first-order valence-electron chi connectivity index (χ1n) is 13.6. The molecule has 1 aromatic rings. The van der Waals surface area contributed by atoms with Crippen LogP contribution in [0.5, 0.6) is 0 Å². The van der Waals surface area contributed by atoms with E-state index in [1.54, 1.807) is 0 Å². The molecule has 1 atom stereocenters. The molecule has 186 valence electrons. The van der Waals surface area contributed by atoms with Gasteiger partial charge in [0.25, 0.3) is 0 Å². The van der Waals surface area contributed by atoms with Crippen LogP contribution in [-0.2, 0) is 16.1 Å². The molecule has 1 rings (SSSR count). The van der Waals surface area contributed by atoms with Gasteiger partial charge >= 0.3 is 0 Å². The summed E-state index contributed by atoms with van der Waals surface area (Å²) in [6, 6.07) is 10.1. The van der Waals surface area contributed by atoms with Gasteiger partial charge in [-0.1, -0.05) is 134 Å². The number of ether oxygens (including phenoxy) is 2. The summed E-state index contributed by atoms with van der Waals surface area (Å²) in [5.74, 6) is 0. The molecule has 0 aromatic heterocycles. The molecule has 0 fully saturated rings. The first-order valence-corrected chi connectivity index (χ1v) is 13.6. The highest BCUT2D eigenvalue weighted by molar-refractivity contribution is 5.13. The van der Waals surface area contributed by atoms with Crippen molar-refractivity contribution in [1.82, 2.24) is 0 Å². The van der Waals surface area contributed by atoms with Crippen LogP contribution in [0, 0.1) is 0 Å². The van der Waals surface area contributed by atoms with Crippen molar-refractivity contribution < 1.29 is 14.6 Å². The highest BCUT2D eigenvalue weighted by Gasteiger charge is 2.24. The molecule has 0 bridgehead atoms. The average molecular weight is 449 g/mol. The van der Waals surface area contributed by atoms with Crippen LogP contribution < -0.4 is 0 Å². The van der Waals surface area contributed by atoms with Crippen molar-refractivity contribution in [3.8, 4) is 0 Å². The molecule has 0 amide bonds. The van der Waals surface area contributed by atoms with Gasteiger partial charge in [-0.2, -0.15) is 0 Å². The van der Waals surface area contributed by atoms with Crippen LogP contribution in [0.15, 0.2) is 30.3 Å². The van der Waals surface area contributed by atoms with Gasteiger partial charge in [0.05, 0.1) is 19.8 Å². The van der Waals surface area contributed by atoms with E-state index in [1.807, 2.05) is 37.3 Å². The van der Waals surface area contributed by atoms with Gasteiger partial charge in [-0.15, -0.1) is 0 Å². The fourth-order valence-corrected chi connectivity index (χ4v) is 4.01. The number of benzene rings is 1. The fraction of sp³-hybridized carbons (Fsp3) is 0.793. The molecule has 0 saturated heterocycles. The summed E-state index contributed by atoms with van der Waals surface area (Å²) < 4.78 is 11.7. The molecule has 0 heterocycles. The smallest absolute Gasteiger partial charge is 0.112 e. The number of aliphatic hydroxyl groups excluding tert-OH is 1. The van der Waals surface area contributed by atoms with E-state index in [1.165, 1.54) is 96.3 Å². The Labute approximate surface area is 199 Å². The average Bonchev–Trinajstić information content (AvgIpc) is 2.82. The van der Waals surface area contributed by atoms with Crippen molar-refractivity contribution in [3.63, 3.8) is 0 Å². The molecule has 1 N–H and O–H groups in total. The molecule has 0 radical (unpaired) electrons. The highest BCUT2D eigenvalue weighted by atomic mass is 16.5. The lowest BCUT2D eigenvalue weighted by Crippen LogP contribution is -2.38. The molecule has 3 heteroatoms. The first kappa shape index (κ1) is 29.1. The van der Waals surface area contributed by atoms with Gasteiger partial charge in [0.15, 0.2) is 0 Å². The summed E-state index contributed by atoms with van der Waals surface area (Å²) in [6.07, 6.45) is 22.1. The SMILES string of the molecule is CCCCCCCCCCCCCCCCCCOC[C@](C)(CO)OCc1ccccc1. The van der Waals surface area contributed by atoms with Gasteiger partial charge in [0.1, 0.15) is 5.60 Å². The van der Waals surface area contributed by atoms with Crippen molar-refractivity contribution in [2.75, 3.05) is 19.8 Å². The zero-order chi connectivity index (χ0) is 23.2. The van der Waals surface area contributed by atoms with Crippen LogP contribution in [0.1, 0.15) is 122 Å². The quantitative estimate of drug-likeness (QED) is 0.171. The molecule has 0 saturated carbocycles. The van der Waals surface area contributed by atoms with Gasteiger partial charge in [-0.25, -0.2) is 0 Å². The molecular formula is C29H52O3. The Morgan fingerprint density at radius 1 is 0.688 bits per heavy atom. The Balaban J connectivity index is 1.85. The maximum absolute atomic E-state index is 9.70. The molecule has 3 nitrogen and oxygen atoms in total. The summed E-state index contributed by atoms with van der Waals surface area (Å²) in [5.41, 5.74) is 0.482. The van der Waals surface area contributed by atoms with Gasteiger partial charge in [0.2, 0.25) is 0 Å². The monoisotopic (exact) mass is 448 g/mol. The first-order chi connectivity index (χ1) is 15.7. The molecular weight excluding hydrogens is 396 g/mol. The molecule has 32 heavy (non-hydrogen) atoms. The van der Waals surface area contributed by atoms with Crippen LogP contribution in [0.3, 0.4) is 0 Å². The maximum atomic E-state index is 9.70. The van der Waals surface area contributed by atoms with E-state index < -0.39 is 5.60 Å². The largest absolute Gasteiger partial charge is 0.393 e. The Bertz CT molecular complexity index is 504. The summed E-state index contributed by atoms with van der Waals surface area (Å²) in [6.45, 7) is 5.87. The third-order valence-electron chi connectivity index (χ3n) is 6.31. The Hall–Kier alpha value is -0.900. The van der Waals surface area contributed by atoms with Gasteiger partial charge < -0.3 is 14.6 Å². The van der Waals surface area contributed by atoms with Crippen molar-refractivity contribution >= 4 is 0 Å². The lowest BCUT2D eigenvalue weighted by Gasteiger charge is -2.27. The highest BCUT2D eigenvalue weighted by Crippen LogP contribution is 2.16. The second-order valence-electron chi connectivity index (χ2n) is 9.74. The lowest BCUT2D eigenvalue weighted by molar-refractivity contribution is -0.120. The second-order valence-corrected chi connectivity index (χ2v) is 9.74. The van der Waals surface area contributed by atoms with Crippen molar-refractivity contribution in [3.05, 3.63) is 35.9 Å². The Morgan fingerprint density at radius 3 is 1.62 bits per heavy atom. The summed E-state index contributed by atoms with van der Waals surface area (Å²) in [7, 11) is 0. The third kappa shape index (κ3) is 16.7. The number of rotatable bonds is 23. The minimum absolute atomic E-state index is 0.0290. The van der Waals surface area contributed by atoms with Gasteiger partial charge in [0, 0.05) is 6.61 Å². The summed E-state index contributed by atoms with van der Waals surface area (Å²) in [5, 5.41) is 9.70. The summed E-state index contributed by atoms with van der Waals surface area (Å²) in [4.78, 5) is 0. The van der Waals surface area contributed by atoms with Gasteiger partial charge in [-0.05, 0) is 18.9 Å². The van der Waals surface area contributed by atoms with Gasteiger partial charge in [-0.3, -0.25) is 0 Å². The standard InChI is InChI=1S/C29H52O3/c1-3-4-5-6-7-8-9-10-11-12-13-14-15-16-17-21-24-31-27-29(2,26-30)32-25-28-22-19-18-20-23-28/h18-20,22-23,30H,3-17,21,24-27H2,1-2H3/t29-/m0/s1. The molecule has 0 aliphatic rings. The lowest BCUT2D eigenvalue weighted by atomic mass is 10.0. The second kappa shape index (κ2) is 20.7. The van der Waals surface area contributed by atoms with E-state index >= 15 is 0 Å². The van der Waals surface area contributed by atoms with Crippen LogP contribution in [0.4, 0.5) is 0 Å². The van der Waals surface area contributed by atoms with E-state index in [0.29, 0.717) is 13.2 Å². The maximum Gasteiger partial charge on any atom is 0.112 e. The Morgan fingerprint density at radius 2 is 1.16 bits per heavy atom. The normalized spacial score (nSPS) is 13.3. The number of unbranched alkanes of at least 4 members (excludes halogenated alkanes) is 15. The summed E-state index contributed by atoms with van der Waals surface area (Å²) >= 11 is 0. The predicted octanol–water partition coefficient (Wildman–Crippen LogP) is 8.23. The van der Waals surface area contributed by atoms with E-state index in [2.05, 4.69) is 6.92 Å². The molecule has 0 spiro atoms. The number of aliphatic hydroxyl groups is 1. The van der Waals surface area contributed by atoms with Crippen LogP contribution in [0.2, 0.25) is 0 Å². The topological polar surface area (TPSA) is 38.7 Å². The van der Waals surface area contributed by atoms with Crippen LogP contribution in [0.25, 0.3) is 0 Å². The number of hydrogen-bond donors (Lipinski definition) is 1. The zero-order valence-corrected chi connectivity index (χ0v) is 21.3. The molecule has 1 aromatic carbocycles. The molecule has 0 aliphatic heterocycles. The molecule has 0 unspecified atom stereocenters. The predicted molar refractivity (Wildman–Crippen MR) is 137 cm³/mol. The van der Waals surface area contributed by atoms with Crippen molar-refractivity contribution in [2.24, 2.45) is 0 Å². The van der Waals surface area contributed by atoms with E-state index in [9.17, 15) is 5.11 Å².